The fourth-order valence-electron chi connectivity index (χ4n) is 3.03. The van der Waals surface area contributed by atoms with Gasteiger partial charge in [-0.1, -0.05) is 24.3 Å². The minimum atomic E-state index is -4.50. The molecular formula is C22H22F4N2O4. The van der Waals surface area contributed by atoms with Crippen molar-refractivity contribution in [2.75, 3.05) is 7.11 Å². The highest BCUT2D eigenvalue weighted by Gasteiger charge is 2.31. The third-order valence-corrected chi connectivity index (χ3v) is 4.55. The Morgan fingerprint density at radius 1 is 0.938 bits per heavy atom. The van der Waals surface area contributed by atoms with Crippen LogP contribution >= 0.6 is 0 Å². The van der Waals surface area contributed by atoms with Crippen molar-refractivity contribution in [3.63, 3.8) is 0 Å². The zero-order valence-corrected chi connectivity index (χ0v) is 17.3. The molecule has 0 unspecified atom stereocenters. The molecule has 0 spiro atoms. The fraction of sp³-hybridized carbons (Fsp3) is 0.318. The van der Waals surface area contributed by atoms with E-state index in [9.17, 15) is 31.9 Å². The maximum atomic E-state index is 13.5. The van der Waals surface area contributed by atoms with Gasteiger partial charge >= 0.3 is 12.1 Å². The second-order valence-electron chi connectivity index (χ2n) is 7.07. The van der Waals surface area contributed by atoms with Gasteiger partial charge in [0.1, 0.15) is 17.9 Å². The van der Waals surface area contributed by atoms with Crippen molar-refractivity contribution >= 4 is 17.8 Å². The van der Waals surface area contributed by atoms with Gasteiger partial charge in [-0.25, -0.2) is 9.18 Å². The Morgan fingerprint density at radius 2 is 1.56 bits per heavy atom. The third kappa shape index (κ3) is 7.36. The van der Waals surface area contributed by atoms with Gasteiger partial charge in [-0.15, -0.1) is 0 Å². The molecule has 0 aliphatic rings. The molecule has 0 aliphatic heterocycles. The van der Waals surface area contributed by atoms with Crippen molar-refractivity contribution in [3.05, 3.63) is 71.0 Å². The van der Waals surface area contributed by atoms with Crippen LogP contribution in [-0.4, -0.2) is 37.0 Å². The molecule has 2 aromatic carbocycles. The number of hydrogen-bond acceptors (Lipinski definition) is 4. The molecule has 0 saturated heterocycles. The zero-order chi connectivity index (χ0) is 23.9. The topological polar surface area (TPSA) is 84.5 Å². The largest absolute Gasteiger partial charge is 0.467 e. The molecule has 0 aromatic heterocycles. The molecule has 2 atom stereocenters. The van der Waals surface area contributed by atoms with Gasteiger partial charge in [-0.2, -0.15) is 13.2 Å². The highest BCUT2D eigenvalue weighted by atomic mass is 19.4. The van der Waals surface area contributed by atoms with Crippen LogP contribution in [0.5, 0.6) is 0 Å². The molecule has 2 N–H and O–H groups in total. The molecule has 2 amide bonds. The molecule has 0 fully saturated rings. The Balaban J connectivity index is 2.18. The molecule has 0 heterocycles. The van der Waals surface area contributed by atoms with Gasteiger partial charge in [-0.05, 0) is 35.4 Å². The smallest absolute Gasteiger partial charge is 0.416 e. The number of rotatable bonds is 8. The highest BCUT2D eigenvalue weighted by molar-refractivity contribution is 5.90. The van der Waals surface area contributed by atoms with Gasteiger partial charge in [0.25, 0.3) is 0 Å². The molecule has 2 rings (SSSR count). The second-order valence-corrected chi connectivity index (χ2v) is 7.07. The number of esters is 1. The Kier molecular flexibility index (Phi) is 8.34. The highest BCUT2D eigenvalue weighted by Crippen LogP contribution is 2.29. The summed E-state index contributed by atoms with van der Waals surface area (Å²) >= 11 is 0. The van der Waals surface area contributed by atoms with Crippen molar-refractivity contribution in [2.24, 2.45) is 0 Å². The number of ether oxygens (including phenoxy) is 1. The maximum Gasteiger partial charge on any atom is 0.416 e. The van der Waals surface area contributed by atoms with Crippen molar-refractivity contribution in [1.29, 1.82) is 0 Å². The first-order valence-electron chi connectivity index (χ1n) is 9.55. The summed E-state index contributed by atoms with van der Waals surface area (Å²) < 4.78 is 56.4. The zero-order valence-electron chi connectivity index (χ0n) is 17.3. The van der Waals surface area contributed by atoms with Crippen LogP contribution in [-0.2, 0) is 38.1 Å². The molecule has 172 valence electrons. The summed E-state index contributed by atoms with van der Waals surface area (Å²) in [4.78, 5) is 36.5. The number of halogens is 4. The average Bonchev–Trinajstić information content (AvgIpc) is 2.71. The molecule has 6 nitrogen and oxygen atoms in total. The van der Waals surface area contributed by atoms with Crippen LogP contribution in [0.2, 0.25) is 0 Å². The van der Waals surface area contributed by atoms with E-state index in [1.54, 1.807) is 6.07 Å². The predicted molar refractivity (Wildman–Crippen MR) is 107 cm³/mol. The van der Waals surface area contributed by atoms with Gasteiger partial charge in [0.05, 0.1) is 12.7 Å². The number of methoxy groups -OCH3 is 1. The number of benzene rings is 2. The number of carbonyl (C=O) groups excluding carboxylic acids is 3. The van der Waals surface area contributed by atoms with Crippen LogP contribution in [0.4, 0.5) is 17.6 Å². The number of hydrogen-bond donors (Lipinski definition) is 2. The number of amides is 2. The first kappa shape index (κ1) is 24.8. The Hall–Kier alpha value is -3.43. The lowest BCUT2D eigenvalue weighted by Gasteiger charge is -2.22. The Bertz CT molecular complexity index is 961. The van der Waals surface area contributed by atoms with Crippen LogP contribution in [0.15, 0.2) is 48.5 Å². The van der Waals surface area contributed by atoms with E-state index in [1.165, 1.54) is 37.3 Å². The summed E-state index contributed by atoms with van der Waals surface area (Å²) in [7, 11) is 1.10. The van der Waals surface area contributed by atoms with E-state index >= 15 is 0 Å². The van der Waals surface area contributed by atoms with Gasteiger partial charge in [-0.3, -0.25) is 9.59 Å². The molecule has 32 heavy (non-hydrogen) atoms. The maximum absolute atomic E-state index is 13.5. The van der Waals surface area contributed by atoms with E-state index in [0.717, 1.165) is 19.2 Å². The summed E-state index contributed by atoms with van der Waals surface area (Å²) in [6.45, 7) is 1.20. The van der Waals surface area contributed by atoms with Crippen molar-refractivity contribution in [3.8, 4) is 0 Å². The molecule has 0 aliphatic carbocycles. The first-order valence-corrected chi connectivity index (χ1v) is 9.55. The lowest BCUT2D eigenvalue weighted by Crippen LogP contribution is -2.53. The van der Waals surface area contributed by atoms with Crippen LogP contribution < -0.4 is 10.6 Å². The summed E-state index contributed by atoms with van der Waals surface area (Å²) in [6, 6.07) is 7.27. The van der Waals surface area contributed by atoms with Gasteiger partial charge < -0.3 is 15.4 Å². The molecule has 0 saturated carbocycles. The molecule has 2 aromatic rings. The van der Waals surface area contributed by atoms with Crippen LogP contribution in [0.1, 0.15) is 23.6 Å². The van der Waals surface area contributed by atoms with Crippen LogP contribution in [0.3, 0.4) is 0 Å². The normalized spacial score (nSPS) is 13.1. The van der Waals surface area contributed by atoms with Crippen molar-refractivity contribution < 1.29 is 36.7 Å². The molecule has 0 radical (unpaired) electrons. The van der Waals surface area contributed by atoms with Crippen LogP contribution in [0, 0.1) is 5.82 Å². The van der Waals surface area contributed by atoms with E-state index in [4.69, 9.17) is 0 Å². The number of carbonyl (C=O) groups is 3. The van der Waals surface area contributed by atoms with E-state index < -0.39 is 47.4 Å². The van der Waals surface area contributed by atoms with Crippen molar-refractivity contribution in [1.82, 2.24) is 10.6 Å². The summed E-state index contributed by atoms with van der Waals surface area (Å²) in [5, 5.41) is 4.90. The van der Waals surface area contributed by atoms with E-state index in [0.29, 0.717) is 11.1 Å². The summed E-state index contributed by atoms with van der Waals surface area (Å²) in [5.74, 6) is -2.57. The second kappa shape index (κ2) is 10.7. The average molecular weight is 454 g/mol. The lowest BCUT2D eigenvalue weighted by molar-refractivity contribution is -0.145. The number of alkyl halides is 3. The van der Waals surface area contributed by atoms with E-state index in [1.807, 2.05) is 0 Å². The van der Waals surface area contributed by atoms with Gasteiger partial charge in [0, 0.05) is 19.8 Å². The number of nitrogens with one attached hydrogen (secondary N) is 2. The fourth-order valence-corrected chi connectivity index (χ4v) is 3.03. The van der Waals surface area contributed by atoms with Gasteiger partial charge in [0.2, 0.25) is 11.8 Å². The SMILES string of the molecule is COC(=O)[C@@H](Cc1ccc(C(F)(F)F)cc1)NC(=O)[C@@H](Cc1cccc(F)c1)NC(C)=O. The van der Waals surface area contributed by atoms with E-state index in [-0.39, 0.29) is 12.8 Å². The standard InChI is InChI=1S/C22H22F4N2O4/c1-13(29)27-18(12-15-4-3-5-17(23)10-15)20(30)28-19(21(31)32-2)11-14-6-8-16(9-7-14)22(24,25)26/h3-10,18-19H,11-12H2,1-2H3,(H,27,29)(H,28,30)/t18-,19-/m1/s1. The van der Waals surface area contributed by atoms with Gasteiger partial charge in [0.15, 0.2) is 0 Å². The lowest BCUT2D eigenvalue weighted by atomic mass is 10.0. The quantitative estimate of drug-likeness (QED) is 0.475. The minimum absolute atomic E-state index is 0.0443. The van der Waals surface area contributed by atoms with E-state index in [2.05, 4.69) is 15.4 Å². The molecule has 10 heteroatoms. The molecular weight excluding hydrogens is 432 g/mol. The van der Waals surface area contributed by atoms with Crippen molar-refractivity contribution in [2.45, 2.75) is 38.0 Å². The monoisotopic (exact) mass is 454 g/mol. The Labute approximate surface area is 181 Å². The van der Waals surface area contributed by atoms with Crippen LogP contribution in [0.25, 0.3) is 0 Å². The minimum Gasteiger partial charge on any atom is -0.467 e. The molecule has 0 bridgehead atoms. The summed E-state index contributed by atoms with van der Waals surface area (Å²) in [6.07, 6.45) is -4.68. The predicted octanol–water partition coefficient (Wildman–Crippen LogP) is 2.79. The first-order chi connectivity index (χ1) is 15.0. The Morgan fingerprint density at radius 3 is 2.09 bits per heavy atom. The third-order valence-electron chi connectivity index (χ3n) is 4.55. The summed E-state index contributed by atoms with van der Waals surface area (Å²) in [5.41, 5.74) is -0.0492.